The number of hydrogen-bond acceptors (Lipinski definition) is 3. The molecular weight excluding hydrogens is 254 g/mol. The molecule has 1 aliphatic carbocycles. The van der Waals surface area contributed by atoms with Gasteiger partial charge in [0.2, 0.25) is 5.92 Å². The Hall–Kier alpha value is -0.910. The summed E-state index contributed by atoms with van der Waals surface area (Å²) in [6.45, 7) is 6.40. The van der Waals surface area contributed by atoms with Gasteiger partial charge in [0.15, 0.2) is 0 Å². The largest absolute Gasteiger partial charge is 0.444 e. The van der Waals surface area contributed by atoms with Gasteiger partial charge in [0.1, 0.15) is 5.60 Å². The van der Waals surface area contributed by atoms with Gasteiger partial charge in [-0.1, -0.05) is 0 Å². The maximum absolute atomic E-state index is 13.4. The van der Waals surface area contributed by atoms with Gasteiger partial charge >= 0.3 is 6.09 Å². The molecule has 2 fully saturated rings. The van der Waals surface area contributed by atoms with Gasteiger partial charge in [-0.2, -0.15) is 0 Å². The Morgan fingerprint density at radius 2 is 2.05 bits per heavy atom. The van der Waals surface area contributed by atoms with Crippen LogP contribution in [0, 0.1) is 5.92 Å². The van der Waals surface area contributed by atoms with Gasteiger partial charge in [-0.25, -0.2) is 13.6 Å². The van der Waals surface area contributed by atoms with Crippen LogP contribution in [0.3, 0.4) is 0 Å². The zero-order valence-corrected chi connectivity index (χ0v) is 11.7. The smallest absolute Gasteiger partial charge is 0.408 e. The molecule has 0 aromatic carbocycles. The number of nitrogens with one attached hydrogen (secondary N) is 2. The highest BCUT2D eigenvalue weighted by Crippen LogP contribution is 2.44. The first-order chi connectivity index (χ1) is 8.62. The second-order valence-electron chi connectivity index (χ2n) is 6.67. The summed E-state index contributed by atoms with van der Waals surface area (Å²) >= 11 is 0. The first-order valence-electron chi connectivity index (χ1n) is 6.72. The van der Waals surface area contributed by atoms with Crippen LogP contribution in [0.4, 0.5) is 13.6 Å². The lowest BCUT2D eigenvalue weighted by molar-refractivity contribution is -0.0724. The summed E-state index contributed by atoms with van der Waals surface area (Å²) in [4.78, 5) is 11.9. The average molecular weight is 276 g/mol. The molecule has 1 amide bonds. The Bertz CT molecular complexity index is 368. The molecule has 1 saturated heterocycles. The Labute approximate surface area is 112 Å². The summed E-state index contributed by atoms with van der Waals surface area (Å²) in [5.74, 6) is -2.85. The second-order valence-corrected chi connectivity index (χ2v) is 6.67. The fraction of sp³-hybridized carbons (Fsp3) is 0.923. The first-order valence-corrected chi connectivity index (χ1v) is 6.72. The average Bonchev–Trinajstić information content (AvgIpc) is 2.56. The predicted molar refractivity (Wildman–Crippen MR) is 67.3 cm³/mol. The van der Waals surface area contributed by atoms with Gasteiger partial charge in [-0.3, -0.25) is 0 Å². The number of fused-ring (bicyclic) bond motifs is 1. The molecule has 2 atom stereocenters. The maximum atomic E-state index is 13.4. The number of hydrogen-bond donors (Lipinski definition) is 2. The van der Waals surface area contributed by atoms with Crippen LogP contribution in [-0.4, -0.2) is 36.2 Å². The number of halogens is 2. The Balaban J connectivity index is 2.04. The van der Waals surface area contributed by atoms with Crippen molar-refractivity contribution in [3.63, 3.8) is 0 Å². The van der Waals surface area contributed by atoms with E-state index in [9.17, 15) is 13.6 Å². The van der Waals surface area contributed by atoms with E-state index in [2.05, 4.69) is 10.6 Å². The molecule has 0 aromatic heterocycles. The zero-order valence-electron chi connectivity index (χ0n) is 11.7. The van der Waals surface area contributed by atoms with Crippen molar-refractivity contribution in [1.82, 2.24) is 10.6 Å². The van der Waals surface area contributed by atoms with E-state index in [0.29, 0.717) is 13.1 Å². The highest BCUT2D eigenvalue weighted by atomic mass is 19.3. The molecule has 2 N–H and O–H groups in total. The lowest BCUT2D eigenvalue weighted by Gasteiger charge is -2.42. The van der Waals surface area contributed by atoms with Gasteiger partial charge in [-0.05, 0) is 27.2 Å². The van der Waals surface area contributed by atoms with E-state index < -0.39 is 23.2 Å². The molecule has 0 spiro atoms. The molecule has 2 rings (SSSR count). The fourth-order valence-electron chi connectivity index (χ4n) is 2.95. The second kappa shape index (κ2) is 4.58. The minimum Gasteiger partial charge on any atom is -0.444 e. The molecule has 0 bridgehead atoms. The van der Waals surface area contributed by atoms with E-state index >= 15 is 0 Å². The molecule has 2 aliphatic rings. The van der Waals surface area contributed by atoms with E-state index in [-0.39, 0.29) is 25.2 Å². The number of carbonyl (C=O) groups excluding carboxylic acids is 1. The van der Waals surface area contributed by atoms with E-state index in [1.165, 1.54) is 0 Å². The van der Waals surface area contributed by atoms with Crippen LogP contribution in [0.25, 0.3) is 0 Å². The third-order valence-corrected chi connectivity index (χ3v) is 3.84. The van der Waals surface area contributed by atoms with Crippen molar-refractivity contribution < 1.29 is 18.3 Å². The summed E-state index contributed by atoms with van der Waals surface area (Å²) in [5, 5.41) is 5.94. The van der Waals surface area contributed by atoms with Gasteiger partial charge in [0.25, 0.3) is 0 Å². The van der Waals surface area contributed by atoms with Crippen molar-refractivity contribution in [2.24, 2.45) is 5.92 Å². The molecular formula is C13H22F2N2O2. The van der Waals surface area contributed by atoms with Crippen molar-refractivity contribution in [1.29, 1.82) is 0 Å². The molecule has 6 heteroatoms. The minimum absolute atomic E-state index is 0.171. The summed E-state index contributed by atoms with van der Waals surface area (Å²) in [5.41, 5.74) is -1.16. The molecule has 4 nitrogen and oxygen atoms in total. The van der Waals surface area contributed by atoms with Crippen LogP contribution in [0.15, 0.2) is 0 Å². The molecule has 19 heavy (non-hydrogen) atoms. The van der Waals surface area contributed by atoms with Crippen molar-refractivity contribution in [2.75, 3.05) is 13.1 Å². The van der Waals surface area contributed by atoms with Crippen LogP contribution in [-0.2, 0) is 4.74 Å². The number of ether oxygens (including phenoxy) is 1. The Morgan fingerprint density at radius 3 is 2.68 bits per heavy atom. The molecule has 0 radical (unpaired) electrons. The predicted octanol–water partition coefficient (Wildman–Crippen LogP) is 2.29. The van der Waals surface area contributed by atoms with E-state index in [1.54, 1.807) is 20.8 Å². The van der Waals surface area contributed by atoms with Crippen molar-refractivity contribution in [3.8, 4) is 0 Å². The van der Waals surface area contributed by atoms with Crippen LogP contribution in [0.1, 0.15) is 40.0 Å². The molecule has 0 aromatic rings. The Kier molecular flexibility index (Phi) is 3.49. The minimum atomic E-state index is -2.62. The quantitative estimate of drug-likeness (QED) is 0.772. The SMILES string of the molecule is CC(C)(C)OC(=O)N[C@@]12CCC(F)(F)C[C@@H]1CNC2. The Morgan fingerprint density at radius 1 is 1.37 bits per heavy atom. The summed E-state index contributed by atoms with van der Waals surface area (Å²) in [6.07, 6.45) is -0.584. The van der Waals surface area contributed by atoms with Crippen LogP contribution in [0.5, 0.6) is 0 Å². The van der Waals surface area contributed by atoms with Crippen LogP contribution >= 0.6 is 0 Å². The third-order valence-electron chi connectivity index (χ3n) is 3.84. The summed E-state index contributed by atoms with van der Waals surface area (Å²) in [7, 11) is 0. The number of rotatable bonds is 1. The molecule has 1 saturated carbocycles. The van der Waals surface area contributed by atoms with Crippen molar-refractivity contribution in [3.05, 3.63) is 0 Å². The monoisotopic (exact) mass is 276 g/mol. The zero-order chi connectivity index (χ0) is 14.3. The number of carbonyl (C=O) groups is 1. The maximum Gasteiger partial charge on any atom is 0.408 e. The summed E-state index contributed by atoms with van der Waals surface area (Å²) < 4.78 is 32.1. The molecule has 1 aliphatic heterocycles. The lowest BCUT2D eigenvalue weighted by Crippen LogP contribution is -2.58. The first kappa shape index (κ1) is 14.5. The van der Waals surface area contributed by atoms with Crippen molar-refractivity contribution in [2.45, 2.75) is 57.1 Å². The number of alkyl carbamates (subject to hydrolysis) is 1. The van der Waals surface area contributed by atoms with Crippen LogP contribution < -0.4 is 10.6 Å². The number of amides is 1. The van der Waals surface area contributed by atoms with E-state index in [0.717, 1.165) is 0 Å². The van der Waals surface area contributed by atoms with Gasteiger partial charge in [0.05, 0.1) is 5.54 Å². The standard InChI is InChI=1S/C13H22F2N2O2/c1-11(2,3)19-10(18)17-12-4-5-13(14,15)6-9(12)7-16-8-12/h9,16H,4-8H2,1-3H3,(H,17,18)/t9-,12-/m1/s1. The summed E-state index contributed by atoms with van der Waals surface area (Å²) in [6, 6.07) is 0. The topological polar surface area (TPSA) is 50.4 Å². The highest BCUT2D eigenvalue weighted by molar-refractivity contribution is 5.69. The van der Waals surface area contributed by atoms with Crippen molar-refractivity contribution >= 4 is 6.09 Å². The lowest BCUT2D eigenvalue weighted by atomic mass is 9.73. The fourth-order valence-corrected chi connectivity index (χ4v) is 2.95. The molecule has 1 heterocycles. The third kappa shape index (κ3) is 3.35. The molecule has 110 valence electrons. The van der Waals surface area contributed by atoms with Gasteiger partial charge < -0.3 is 15.4 Å². The van der Waals surface area contributed by atoms with Gasteiger partial charge in [-0.15, -0.1) is 0 Å². The van der Waals surface area contributed by atoms with Crippen LogP contribution in [0.2, 0.25) is 0 Å². The van der Waals surface area contributed by atoms with Gasteiger partial charge in [0, 0.05) is 31.8 Å². The normalized spacial score (nSPS) is 33.6. The highest BCUT2D eigenvalue weighted by Gasteiger charge is 2.53. The molecule has 0 unspecified atom stereocenters. The number of alkyl halides is 2. The van der Waals surface area contributed by atoms with E-state index in [4.69, 9.17) is 4.74 Å². The van der Waals surface area contributed by atoms with E-state index in [1.807, 2.05) is 0 Å².